The van der Waals surface area contributed by atoms with E-state index in [1.54, 1.807) is 0 Å². The summed E-state index contributed by atoms with van der Waals surface area (Å²) >= 11 is 5.85. The van der Waals surface area contributed by atoms with E-state index in [1.807, 2.05) is 0 Å². The van der Waals surface area contributed by atoms with Crippen LogP contribution in [-0.4, -0.2) is 11.0 Å². The zero-order valence-corrected chi connectivity index (χ0v) is 13.2. The Kier molecular flexibility index (Phi) is 4.38. The fourth-order valence-corrected chi connectivity index (χ4v) is 2.31. The van der Waals surface area contributed by atoms with Crippen LogP contribution in [0.25, 0.3) is 0 Å². The smallest absolute Gasteiger partial charge is 0.123 e. The van der Waals surface area contributed by atoms with Crippen LogP contribution in [-0.2, 0) is 17.3 Å². The van der Waals surface area contributed by atoms with Gasteiger partial charge in [-0.2, -0.15) is 0 Å². The molecule has 0 radical (unpaired) electrons. The maximum absolute atomic E-state index is 10.5. The lowest BCUT2D eigenvalue weighted by molar-refractivity contribution is 0.422. The van der Waals surface area contributed by atoms with Crippen molar-refractivity contribution in [2.75, 3.05) is 5.88 Å². The number of alkyl halides is 1. The van der Waals surface area contributed by atoms with Crippen LogP contribution < -0.4 is 0 Å². The van der Waals surface area contributed by atoms with Crippen molar-refractivity contribution < 1.29 is 5.11 Å². The molecule has 0 aromatic heterocycles. The summed E-state index contributed by atoms with van der Waals surface area (Å²) in [5, 5.41) is 10.5. The lowest BCUT2D eigenvalue weighted by Gasteiger charge is -2.28. The molecule has 0 heterocycles. The van der Waals surface area contributed by atoms with E-state index in [1.165, 1.54) is 5.56 Å². The van der Waals surface area contributed by atoms with Crippen molar-refractivity contribution in [2.45, 2.75) is 58.8 Å². The van der Waals surface area contributed by atoms with Crippen LogP contribution in [0.1, 0.15) is 58.2 Å². The number of rotatable bonds is 2. The molecule has 1 rings (SSSR count). The molecule has 0 saturated carbocycles. The Hall–Kier alpha value is -0.690. The van der Waals surface area contributed by atoms with Crippen LogP contribution in [0.5, 0.6) is 5.75 Å². The van der Waals surface area contributed by atoms with Crippen molar-refractivity contribution >= 4 is 11.6 Å². The number of aromatic hydroxyl groups is 1. The van der Waals surface area contributed by atoms with Crippen molar-refractivity contribution in [3.8, 4) is 5.75 Å². The lowest BCUT2D eigenvalue weighted by Crippen LogP contribution is -2.18. The summed E-state index contributed by atoms with van der Waals surface area (Å²) < 4.78 is 0. The highest BCUT2D eigenvalue weighted by Gasteiger charge is 2.26. The molecule has 0 aliphatic carbocycles. The van der Waals surface area contributed by atoms with Crippen LogP contribution in [0.3, 0.4) is 0 Å². The average Bonchev–Trinajstić information content (AvgIpc) is 2.17. The van der Waals surface area contributed by atoms with E-state index >= 15 is 0 Å². The predicted molar refractivity (Wildman–Crippen MR) is 79.9 cm³/mol. The minimum atomic E-state index is -0.0631. The maximum atomic E-state index is 10.5. The molecule has 0 saturated heterocycles. The van der Waals surface area contributed by atoms with Crippen LogP contribution in [0, 0.1) is 0 Å². The summed E-state index contributed by atoms with van der Waals surface area (Å²) in [6.07, 6.45) is 0.841. The highest BCUT2D eigenvalue weighted by atomic mass is 35.5. The number of benzene rings is 1. The Bertz CT molecular complexity index is 387. The molecule has 1 aromatic rings. The topological polar surface area (TPSA) is 20.2 Å². The Labute approximate surface area is 116 Å². The Morgan fingerprint density at radius 1 is 0.944 bits per heavy atom. The molecule has 2 heteroatoms. The first-order chi connectivity index (χ1) is 8.07. The molecule has 1 nitrogen and oxygen atoms in total. The molecular formula is C16H25ClO. The molecule has 0 fully saturated rings. The first-order valence-corrected chi connectivity index (χ1v) is 7.03. The fourth-order valence-electron chi connectivity index (χ4n) is 2.09. The normalized spacial score (nSPS) is 12.8. The monoisotopic (exact) mass is 268 g/mol. The fraction of sp³-hybridized carbons (Fsp3) is 0.625. The van der Waals surface area contributed by atoms with E-state index in [-0.39, 0.29) is 10.8 Å². The molecule has 0 aliphatic rings. The first-order valence-electron chi connectivity index (χ1n) is 6.50. The van der Waals surface area contributed by atoms with Crippen molar-refractivity contribution in [2.24, 2.45) is 0 Å². The number of phenols is 1. The zero-order chi connectivity index (χ0) is 14.1. The van der Waals surface area contributed by atoms with Gasteiger partial charge in [0.05, 0.1) is 0 Å². The summed E-state index contributed by atoms with van der Waals surface area (Å²) in [5.41, 5.74) is 3.10. The van der Waals surface area contributed by atoms with Gasteiger partial charge in [-0.15, -0.1) is 11.6 Å². The summed E-state index contributed by atoms with van der Waals surface area (Å²) in [7, 11) is 0. The number of hydrogen-bond acceptors (Lipinski definition) is 1. The molecule has 102 valence electrons. The molecular weight excluding hydrogens is 244 g/mol. The van der Waals surface area contributed by atoms with Gasteiger partial charge >= 0.3 is 0 Å². The summed E-state index contributed by atoms with van der Waals surface area (Å²) in [4.78, 5) is 0. The second-order valence-corrected chi connectivity index (χ2v) is 7.36. The second-order valence-electron chi connectivity index (χ2n) is 6.98. The Morgan fingerprint density at radius 3 is 1.61 bits per heavy atom. The predicted octanol–water partition coefficient (Wildman–Crippen LogP) is 4.77. The molecule has 1 aromatic carbocycles. The highest BCUT2D eigenvalue weighted by molar-refractivity contribution is 6.18. The molecule has 0 amide bonds. The molecule has 0 bridgehead atoms. The van der Waals surface area contributed by atoms with Crippen molar-refractivity contribution in [3.63, 3.8) is 0 Å². The van der Waals surface area contributed by atoms with E-state index < -0.39 is 0 Å². The summed E-state index contributed by atoms with van der Waals surface area (Å²) in [6, 6.07) is 4.18. The summed E-state index contributed by atoms with van der Waals surface area (Å²) in [5.74, 6) is 1.05. The Balaban J connectivity index is 3.48. The standard InChI is InChI=1S/C16H25ClO/c1-15(2,3)12-9-11(7-8-17)10-13(14(12)18)16(4,5)6/h9-10,18H,7-8H2,1-6H3. The van der Waals surface area contributed by atoms with Gasteiger partial charge < -0.3 is 5.11 Å². The van der Waals surface area contributed by atoms with Gasteiger partial charge in [-0.05, 0) is 33.9 Å². The van der Waals surface area contributed by atoms with Gasteiger partial charge in [-0.1, -0.05) is 53.7 Å². The van der Waals surface area contributed by atoms with Crippen molar-refractivity contribution in [1.82, 2.24) is 0 Å². The quantitative estimate of drug-likeness (QED) is 0.766. The number of hydrogen-bond donors (Lipinski definition) is 1. The minimum Gasteiger partial charge on any atom is -0.507 e. The van der Waals surface area contributed by atoms with Gasteiger partial charge in [-0.25, -0.2) is 0 Å². The van der Waals surface area contributed by atoms with Crippen LogP contribution >= 0.6 is 11.6 Å². The lowest BCUT2D eigenvalue weighted by atomic mass is 9.78. The molecule has 18 heavy (non-hydrogen) atoms. The highest BCUT2D eigenvalue weighted by Crippen LogP contribution is 2.39. The number of aryl methyl sites for hydroxylation is 1. The second kappa shape index (κ2) is 5.13. The van der Waals surface area contributed by atoms with Gasteiger partial charge in [-0.3, -0.25) is 0 Å². The van der Waals surface area contributed by atoms with Crippen LogP contribution in [0.4, 0.5) is 0 Å². The first kappa shape index (κ1) is 15.4. The van der Waals surface area contributed by atoms with Gasteiger partial charge in [0, 0.05) is 5.88 Å². The zero-order valence-electron chi connectivity index (χ0n) is 12.4. The van der Waals surface area contributed by atoms with Gasteiger partial charge in [0.1, 0.15) is 5.75 Å². The van der Waals surface area contributed by atoms with Crippen LogP contribution in [0.2, 0.25) is 0 Å². The van der Waals surface area contributed by atoms with E-state index in [4.69, 9.17) is 11.6 Å². The van der Waals surface area contributed by atoms with E-state index in [0.29, 0.717) is 11.6 Å². The van der Waals surface area contributed by atoms with E-state index in [9.17, 15) is 5.11 Å². The largest absolute Gasteiger partial charge is 0.507 e. The number of halogens is 1. The molecule has 1 N–H and O–H groups in total. The molecule has 0 aliphatic heterocycles. The van der Waals surface area contributed by atoms with Crippen molar-refractivity contribution in [1.29, 1.82) is 0 Å². The SMILES string of the molecule is CC(C)(C)c1cc(CCCl)cc(C(C)(C)C)c1O. The average molecular weight is 269 g/mol. The van der Waals surface area contributed by atoms with Crippen LogP contribution in [0.15, 0.2) is 12.1 Å². The minimum absolute atomic E-state index is 0.0631. The third-order valence-electron chi connectivity index (χ3n) is 3.17. The van der Waals surface area contributed by atoms with E-state index in [2.05, 4.69) is 53.7 Å². The van der Waals surface area contributed by atoms with Gasteiger partial charge in [0.2, 0.25) is 0 Å². The third kappa shape index (κ3) is 3.41. The molecule has 0 spiro atoms. The van der Waals surface area contributed by atoms with Gasteiger partial charge in [0.25, 0.3) is 0 Å². The van der Waals surface area contributed by atoms with Gasteiger partial charge in [0.15, 0.2) is 0 Å². The Morgan fingerprint density at radius 2 is 1.33 bits per heavy atom. The molecule has 0 atom stereocenters. The summed E-state index contributed by atoms with van der Waals surface area (Å²) in [6.45, 7) is 12.7. The van der Waals surface area contributed by atoms with Crippen molar-refractivity contribution in [3.05, 3.63) is 28.8 Å². The van der Waals surface area contributed by atoms with E-state index in [0.717, 1.165) is 17.5 Å². The third-order valence-corrected chi connectivity index (χ3v) is 3.36. The molecule has 0 unspecified atom stereocenters. The number of phenolic OH excluding ortho intramolecular Hbond substituents is 1. The maximum Gasteiger partial charge on any atom is 0.123 e.